The van der Waals surface area contributed by atoms with Crippen molar-refractivity contribution in [2.45, 2.75) is 96.1 Å². The number of carbonyl (C=O) groups excluding carboxylic acids is 4. The van der Waals surface area contributed by atoms with E-state index in [1.807, 2.05) is 48.5 Å². The van der Waals surface area contributed by atoms with Gasteiger partial charge in [-0.15, -0.1) is 0 Å². The minimum Gasteiger partial charge on any atom is -0.463 e. The monoisotopic (exact) mass is 683 g/mol. The van der Waals surface area contributed by atoms with E-state index in [2.05, 4.69) is 27.7 Å². The highest BCUT2D eigenvalue weighted by molar-refractivity contribution is 7.80. The van der Waals surface area contributed by atoms with Crippen molar-refractivity contribution in [3.05, 3.63) is 71.8 Å². The van der Waals surface area contributed by atoms with Crippen LogP contribution in [0.5, 0.6) is 0 Å². The third-order valence-electron chi connectivity index (χ3n) is 8.20. The lowest BCUT2D eigenvalue weighted by atomic mass is 9.91. The molecular formula is C35H45N3O9S. The fourth-order valence-corrected chi connectivity index (χ4v) is 6.54. The number of esters is 4. The highest BCUT2D eigenvalue weighted by Crippen LogP contribution is 2.36. The smallest absolute Gasteiger partial charge is 0.303 e. The first-order chi connectivity index (χ1) is 23.0. The van der Waals surface area contributed by atoms with E-state index >= 15 is 0 Å². The minimum absolute atomic E-state index is 0.0955. The van der Waals surface area contributed by atoms with Crippen LogP contribution in [0, 0.1) is 0 Å². The molecule has 260 valence electrons. The number of thiocarbonyl (C=S) groups is 1. The van der Waals surface area contributed by atoms with E-state index in [1.54, 1.807) is 0 Å². The molecule has 2 saturated heterocycles. The number of hydrogen-bond donors (Lipinski definition) is 2. The molecule has 12 nitrogen and oxygen atoms in total. The quantitative estimate of drug-likeness (QED) is 0.201. The highest BCUT2D eigenvalue weighted by atomic mass is 32.1. The number of rotatable bonds is 11. The second-order valence-corrected chi connectivity index (χ2v) is 12.3. The average Bonchev–Trinajstić information content (AvgIpc) is 3.32. The van der Waals surface area contributed by atoms with Gasteiger partial charge in [0, 0.05) is 27.7 Å². The molecule has 0 spiro atoms. The maximum Gasteiger partial charge on any atom is 0.303 e. The Morgan fingerprint density at radius 3 is 1.81 bits per heavy atom. The first kappa shape index (κ1) is 36.8. The fourth-order valence-electron chi connectivity index (χ4n) is 6.30. The van der Waals surface area contributed by atoms with Crippen molar-refractivity contribution in [3.8, 4) is 0 Å². The van der Waals surface area contributed by atoms with E-state index in [-0.39, 0.29) is 23.8 Å². The van der Waals surface area contributed by atoms with Crippen LogP contribution in [-0.2, 0) is 42.9 Å². The standard InChI is InChI=1S/C35H45N3O9S/c1-22(39)43-21-28-31(44-23(2)40)32(45-24(3)41)33(46-25(4)42)34(47-28)37-35(48)36-29(26-15-9-7-10-16-26)30(27-17-11-8-12-18-27)38-19-13-5-6-14-20-38/h7-12,15-18,28-34H,5-6,13-14,19-21H2,1-4H3,(H2,36,37,48)/t28-,29+,30+,31-,32+,33-,34-/m1/s1. The van der Waals surface area contributed by atoms with Crippen LogP contribution in [-0.4, -0.2) is 84.2 Å². The van der Waals surface area contributed by atoms with Crippen LogP contribution < -0.4 is 10.6 Å². The van der Waals surface area contributed by atoms with Gasteiger partial charge in [-0.3, -0.25) is 24.1 Å². The van der Waals surface area contributed by atoms with Gasteiger partial charge in [-0.1, -0.05) is 73.5 Å². The van der Waals surface area contributed by atoms with Crippen molar-refractivity contribution in [1.82, 2.24) is 15.5 Å². The zero-order chi connectivity index (χ0) is 34.6. The summed E-state index contributed by atoms with van der Waals surface area (Å²) in [6, 6.07) is 19.8. The number of carbonyl (C=O) groups is 4. The summed E-state index contributed by atoms with van der Waals surface area (Å²) >= 11 is 5.91. The van der Waals surface area contributed by atoms with Crippen molar-refractivity contribution < 1.29 is 42.9 Å². The van der Waals surface area contributed by atoms with Gasteiger partial charge in [-0.25, -0.2) is 0 Å². The lowest BCUT2D eigenvalue weighted by Crippen LogP contribution is -2.67. The maximum absolute atomic E-state index is 12.3. The molecule has 2 aliphatic rings. The number of likely N-dealkylation sites (tertiary alicyclic amines) is 1. The number of ether oxygens (including phenoxy) is 5. The predicted molar refractivity (Wildman–Crippen MR) is 179 cm³/mol. The first-order valence-corrected chi connectivity index (χ1v) is 16.7. The Bertz CT molecular complexity index is 1390. The zero-order valence-electron chi connectivity index (χ0n) is 27.8. The third kappa shape index (κ3) is 10.5. The zero-order valence-corrected chi connectivity index (χ0v) is 28.6. The van der Waals surface area contributed by atoms with E-state index in [0.29, 0.717) is 0 Å². The molecule has 0 amide bonds. The minimum atomic E-state index is -1.32. The van der Waals surface area contributed by atoms with E-state index in [4.69, 9.17) is 35.9 Å². The summed E-state index contributed by atoms with van der Waals surface area (Å²) in [5, 5.41) is 6.80. The third-order valence-corrected chi connectivity index (χ3v) is 8.44. The van der Waals surface area contributed by atoms with E-state index in [0.717, 1.165) is 37.1 Å². The number of nitrogens with one attached hydrogen (secondary N) is 2. The average molecular weight is 684 g/mol. The topological polar surface area (TPSA) is 142 Å². The van der Waals surface area contributed by atoms with Gasteiger partial charge in [0.1, 0.15) is 12.7 Å². The summed E-state index contributed by atoms with van der Waals surface area (Å²) in [7, 11) is 0. The maximum atomic E-state index is 12.3. The fraction of sp³-hybridized carbons (Fsp3) is 0.514. The van der Waals surface area contributed by atoms with Crippen molar-refractivity contribution >= 4 is 41.2 Å². The largest absolute Gasteiger partial charge is 0.463 e. The molecule has 7 atom stereocenters. The van der Waals surface area contributed by atoms with Crippen LogP contribution in [0.4, 0.5) is 0 Å². The van der Waals surface area contributed by atoms with Gasteiger partial charge in [0.2, 0.25) is 0 Å². The molecule has 0 saturated carbocycles. The van der Waals surface area contributed by atoms with Crippen LogP contribution in [0.15, 0.2) is 60.7 Å². The van der Waals surface area contributed by atoms with Crippen molar-refractivity contribution in [2.24, 2.45) is 0 Å². The van der Waals surface area contributed by atoms with Gasteiger partial charge >= 0.3 is 23.9 Å². The van der Waals surface area contributed by atoms with E-state index in [1.165, 1.54) is 40.5 Å². The molecule has 0 unspecified atom stereocenters. The molecule has 0 aromatic heterocycles. The second kappa shape index (κ2) is 17.9. The Balaban J connectivity index is 1.69. The Labute approximate surface area is 286 Å². The lowest BCUT2D eigenvalue weighted by molar-refractivity contribution is -0.255. The second-order valence-electron chi connectivity index (χ2n) is 11.9. The van der Waals surface area contributed by atoms with Crippen molar-refractivity contribution in [2.75, 3.05) is 19.7 Å². The number of benzene rings is 2. The molecule has 0 bridgehead atoms. The summed E-state index contributed by atoms with van der Waals surface area (Å²) in [5.74, 6) is -2.71. The van der Waals surface area contributed by atoms with E-state index < -0.39 is 54.5 Å². The first-order valence-electron chi connectivity index (χ1n) is 16.2. The highest BCUT2D eigenvalue weighted by Gasteiger charge is 2.52. The molecule has 2 aliphatic heterocycles. The van der Waals surface area contributed by atoms with Crippen molar-refractivity contribution in [3.63, 3.8) is 0 Å². The SMILES string of the molecule is CC(=O)OC[C@H]1O[C@@H](NC(=S)N[C@@H](c2ccccc2)[C@H](c2ccccc2)N2CCCCCC2)[C@H](OC(C)=O)[C@@H](OC(C)=O)[C@@H]1OC(C)=O. The summed E-state index contributed by atoms with van der Waals surface area (Å²) in [5.41, 5.74) is 2.12. The normalized spacial score (nSPS) is 24.1. The van der Waals surface area contributed by atoms with Crippen LogP contribution in [0.3, 0.4) is 0 Å². The molecule has 2 N–H and O–H groups in total. The molecule has 2 fully saturated rings. The van der Waals surface area contributed by atoms with Crippen molar-refractivity contribution in [1.29, 1.82) is 0 Å². The molecule has 0 aliphatic carbocycles. The van der Waals surface area contributed by atoms with Gasteiger partial charge in [0.15, 0.2) is 29.7 Å². The molecule has 2 heterocycles. The van der Waals surface area contributed by atoms with Gasteiger partial charge in [0.05, 0.1) is 12.1 Å². The van der Waals surface area contributed by atoms with Crippen LogP contribution in [0.2, 0.25) is 0 Å². The van der Waals surface area contributed by atoms with Gasteiger partial charge in [0.25, 0.3) is 0 Å². The molecule has 4 rings (SSSR count). The predicted octanol–water partition coefficient (Wildman–Crippen LogP) is 3.89. The Morgan fingerprint density at radius 2 is 1.27 bits per heavy atom. The molecule has 2 aromatic carbocycles. The molecule has 13 heteroatoms. The van der Waals surface area contributed by atoms with Crippen LogP contribution in [0.1, 0.15) is 76.6 Å². The van der Waals surface area contributed by atoms with Gasteiger partial charge in [-0.2, -0.15) is 0 Å². The summed E-state index contributed by atoms with van der Waals surface area (Å²) in [4.78, 5) is 51.0. The van der Waals surface area contributed by atoms with Crippen LogP contribution >= 0.6 is 12.2 Å². The molecular weight excluding hydrogens is 638 g/mol. The molecule has 2 aromatic rings. The summed E-state index contributed by atoms with van der Waals surface area (Å²) in [6.45, 7) is 6.28. The number of hydrogen-bond acceptors (Lipinski definition) is 11. The molecule has 0 radical (unpaired) electrons. The number of nitrogens with zero attached hydrogens (tertiary/aromatic N) is 1. The summed E-state index contributed by atoms with van der Waals surface area (Å²) < 4.78 is 28.1. The molecule has 48 heavy (non-hydrogen) atoms. The lowest BCUT2D eigenvalue weighted by Gasteiger charge is -2.45. The van der Waals surface area contributed by atoms with E-state index in [9.17, 15) is 19.2 Å². The van der Waals surface area contributed by atoms with Gasteiger partial charge in [-0.05, 0) is 49.3 Å². The summed E-state index contributed by atoms with van der Waals surface area (Å²) in [6.07, 6.45) is -1.68. The Morgan fingerprint density at radius 1 is 0.750 bits per heavy atom. The Hall–Kier alpha value is -4.07. The van der Waals surface area contributed by atoms with Gasteiger partial charge < -0.3 is 34.3 Å². The Kier molecular flexibility index (Phi) is 13.7. The van der Waals surface area contributed by atoms with Crippen LogP contribution in [0.25, 0.3) is 0 Å².